The number of ether oxygens (including phenoxy) is 1. The minimum absolute atomic E-state index is 0.137. The second-order valence-electron chi connectivity index (χ2n) is 3.17. The van der Waals surface area contributed by atoms with Gasteiger partial charge in [-0.15, -0.1) is 0 Å². The van der Waals surface area contributed by atoms with Crippen LogP contribution in [0.3, 0.4) is 0 Å². The van der Waals surface area contributed by atoms with Crippen molar-refractivity contribution >= 4 is 11.7 Å². The van der Waals surface area contributed by atoms with E-state index in [2.05, 4.69) is 0 Å². The van der Waals surface area contributed by atoms with Gasteiger partial charge in [-0.05, 0) is 25.5 Å². The molecule has 0 saturated heterocycles. The van der Waals surface area contributed by atoms with Crippen LogP contribution in [0.1, 0.15) is 18.1 Å². The lowest BCUT2D eigenvalue weighted by Crippen LogP contribution is -2.05. The van der Waals surface area contributed by atoms with Crippen molar-refractivity contribution in [2.45, 2.75) is 20.8 Å². The van der Waals surface area contributed by atoms with Crippen molar-refractivity contribution in [3.05, 3.63) is 17.2 Å². The Morgan fingerprint density at radius 1 is 1.50 bits per heavy atom. The van der Waals surface area contributed by atoms with E-state index in [-0.39, 0.29) is 5.75 Å². The molecule has 0 amide bonds. The molecule has 0 unspecified atom stereocenters. The quantitative estimate of drug-likeness (QED) is 0.405. The van der Waals surface area contributed by atoms with Crippen LogP contribution >= 0.6 is 0 Å². The van der Waals surface area contributed by atoms with Gasteiger partial charge in [0.15, 0.2) is 5.75 Å². The van der Waals surface area contributed by atoms with Crippen molar-refractivity contribution in [1.29, 1.82) is 0 Å². The van der Waals surface area contributed by atoms with Gasteiger partial charge in [-0.3, -0.25) is 4.79 Å². The molecule has 0 spiro atoms. The SMILES string of the molecule is CC(=O)Oc1cc(C)c(O)c(C)c1N. The zero-order valence-electron chi connectivity index (χ0n) is 8.42. The van der Waals surface area contributed by atoms with Crippen LogP contribution in [0.15, 0.2) is 6.07 Å². The summed E-state index contributed by atoms with van der Waals surface area (Å²) in [6.07, 6.45) is 0. The number of anilines is 1. The molecular formula is C10H13NO3. The lowest BCUT2D eigenvalue weighted by molar-refractivity contribution is -0.131. The van der Waals surface area contributed by atoms with Crippen molar-refractivity contribution in [3.8, 4) is 11.5 Å². The molecule has 0 heterocycles. The third kappa shape index (κ3) is 1.79. The maximum atomic E-state index is 10.7. The molecule has 0 radical (unpaired) electrons. The lowest BCUT2D eigenvalue weighted by Gasteiger charge is -2.11. The molecule has 0 aliphatic heterocycles. The molecule has 76 valence electrons. The van der Waals surface area contributed by atoms with Gasteiger partial charge in [0, 0.05) is 12.5 Å². The monoisotopic (exact) mass is 195 g/mol. The van der Waals surface area contributed by atoms with Gasteiger partial charge in [-0.25, -0.2) is 0 Å². The lowest BCUT2D eigenvalue weighted by atomic mass is 10.1. The number of carbonyl (C=O) groups excluding carboxylic acids is 1. The average molecular weight is 195 g/mol. The summed E-state index contributed by atoms with van der Waals surface area (Å²) in [5.41, 5.74) is 7.12. The highest BCUT2D eigenvalue weighted by molar-refractivity contribution is 5.74. The van der Waals surface area contributed by atoms with Crippen LogP contribution < -0.4 is 10.5 Å². The van der Waals surface area contributed by atoms with E-state index in [9.17, 15) is 9.90 Å². The topological polar surface area (TPSA) is 72.5 Å². The van der Waals surface area contributed by atoms with Gasteiger partial charge in [0.2, 0.25) is 0 Å². The van der Waals surface area contributed by atoms with Gasteiger partial charge in [0.05, 0.1) is 5.69 Å². The molecule has 1 rings (SSSR count). The highest BCUT2D eigenvalue weighted by Gasteiger charge is 2.12. The number of phenolic OH excluding ortho intramolecular Hbond substituents is 1. The summed E-state index contributed by atoms with van der Waals surface area (Å²) >= 11 is 0. The van der Waals surface area contributed by atoms with E-state index in [1.807, 2.05) is 0 Å². The molecule has 0 atom stereocenters. The number of hydrogen-bond donors (Lipinski definition) is 2. The number of esters is 1. The van der Waals surface area contributed by atoms with Crippen LogP contribution in [-0.2, 0) is 4.79 Å². The zero-order valence-corrected chi connectivity index (χ0v) is 8.42. The Kier molecular flexibility index (Phi) is 2.65. The first-order chi connectivity index (χ1) is 6.43. The fourth-order valence-electron chi connectivity index (χ4n) is 1.19. The Morgan fingerprint density at radius 2 is 2.07 bits per heavy atom. The van der Waals surface area contributed by atoms with Gasteiger partial charge < -0.3 is 15.6 Å². The number of rotatable bonds is 1. The predicted octanol–water partition coefficient (Wildman–Crippen LogP) is 1.52. The minimum atomic E-state index is -0.429. The normalized spacial score (nSPS) is 9.93. The molecule has 0 bridgehead atoms. The summed E-state index contributed by atoms with van der Waals surface area (Å²) in [5.74, 6) is 0.00453. The van der Waals surface area contributed by atoms with Crippen molar-refractivity contribution < 1.29 is 14.6 Å². The van der Waals surface area contributed by atoms with Crippen LogP contribution in [-0.4, -0.2) is 11.1 Å². The molecule has 1 aromatic rings. The third-order valence-electron chi connectivity index (χ3n) is 2.00. The molecule has 14 heavy (non-hydrogen) atoms. The molecule has 3 N–H and O–H groups in total. The first-order valence-electron chi connectivity index (χ1n) is 4.20. The predicted molar refractivity (Wildman–Crippen MR) is 53.3 cm³/mol. The summed E-state index contributed by atoms with van der Waals surface area (Å²) < 4.78 is 4.89. The first kappa shape index (κ1) is 10.4. The number of nitrogen functional groups attached to an aromatic ring is 1. The molecule has 0 aliphatic carbocycles. The van der Waals surface area contributed by atoms with Crippen molar-refractivity contribution in [2.75, 3.05) is 5.73 Å². The zero-order chi connectivity index (χ0) is 10.9. The van der Waals surface area contributed by atoms with Gasteiger partial charge in [-0.1, -0.05) is 0 Å². The van der Waals surface area contributed by atoms with E-state index < -0.39 is 5.97 Å². The van der Waals surface area contributed by atoms with Gasteiger partial charge in [0.1, 0.15) is 5.75 Å². The Hall–Kier alpha value is -1.71. The van der Waals surface area contributed by atoms with Crippen LogP contribution in [0.4, 0.5) is 5.69 Å². The summed E-state index contributed by atoms with van der Waals surface area (Å²) in [6.45, 7) is 4.69. The van der Waals surface area contributed by atoms with Crippen LogP contribution in [0.2, 0.25) is 0 Å². The number of hydrogen-bond acceptors (Lipinski definition) is 4. The number of aromatic hydroxyl groups is 1. The molecule has 0 aromatic heterocycles. The second-order valence-corrected chi connectivity index (χ2v) is 3.17. The van der Waals surface area contributed by atoms with Gasteiger partial charge in [0.25, 0.3) is 0 Å². The second kappa shape index (κ2) is 3.57. The Bertz CT molecular complexity index is 385. The van der Waals surface area contributed by atoms with E-state index in [0.29, 0.717) is 22.6 Å². The number of carbonyl (C=O) groups is 1. The Morgan fingerprint density at radius 3 is 2.57 bits per heavy atom. The molecule has 0 fully saturated rings. The van der Waals surface area contributed by atoms with Gasteiger partial charge in [-0.2, -0.15) is 0 Å². The summed E-state index contributed by atoms with van der Waals surface area (Å²) in [5, 5.41) is 9.53. The van der Waals surface area contributed by atoms with Gasteiger partial charge >= 0.3 is 5.97 Å². The largest absolute Gasteiger partial charge is 0.507 e. The average Bonchev–Trinajstić information content (AvgIpc) is 2.10. The molecular weight excluding hydrogens is 182 g/mol. The van der Waals surface area contributed by atoms with E-state index in [4.69, 9.17) is 10.5 Å². The van der Waals surface area contributed by atoms with E-state index in [1.165, 1.54) is 6.92 Å². The fourth-order valence-corrected chi connectivity index (χ4v) is 1.19. The number of benzene rings is 1. The van der Waals surface area contributed by atoms with Crippen molar-refractivity contribution in [1.82, 2.24) is 0 Å². The Balaban J connectivity index is 3.25. The summed E-state index contributed by atoms with van der Waals surface area (Å²) in [7, 11) is 0. The molecule has 1 aromatic carbocycles. The number of aryl methyl sites for hydroxylation is 1. The summed E-state index contributed by atoms with van der Waals surface area (Å²) in [6, 6.07) is 1.54. The summed E-state index contributed by atoms with van der Waals surface area (Å²) in [4.78, 5) is 10.7. The molecule has 4 nitrogen and oxygen atoms in total. The number of nitrogens with two attached hydrogens (primary N) is 1. The van der Waals surface area contributed by atoms with E-state index >= 15 is 0 Å². The van der Waals surface area contributed by atoms with Crippen LogP contribution in [0.25, 0.3) is 0 Å². The Labute approximate surface area is 82.3 Å². The number of phenols is 1. The fraction of sp³-hybridized carbons (Fsp3) is 0.300. The molecule has 4 heteroatoms. The minimum Gasteiger partial charge on any atom is -0.507 e. The van der Waals surface area contributed by atoms with Crippen LogP contribution in [0, 0.1) is 13.8 Å². The smallest absolute Gasteiger partial charge is 0.308 e. The van der Waals surface area contributed by atoms with Crippen molar-refractivity contribution in [3.63, 3.8) is 0 Å². The van der Waals surface area contributed by atoms with Crippen molar-refractivity contribution in [2.24, 2.45) is 0 Å². The highest BCUT2D eigenvalue weighted by Crippen LogP contribution is 2.34. The molecule has 0 aliphatic rings. The maximum absolute atomic E-state index is 10.7. The van der Waals surface area contributed by atoms with E-state index in [1.54, 1.807) is 19.9 Å². The third-order valence-corrected chi connectivity index (χ3v) is 2.00. The molecule has 0 saturated carbocycles. The highest BCUT2D eigenvalue weighted by atomic mass is 16.5. The standard InChI is InChI=1S/C10H13NO3/c1-5-4-8(14-7(3)12)9(11)6(2)10(5)13/h4,13H,11H2,1-3H3. The first-order valence-corrected chi connectivity index (χ1v) is 4.20. The van der Waals surface area contributed by atoms with Crippen LogP contribution in [0.5, 0.6) is 11.5 Å². The maximum Gasteiger partial charge on any atom is 0.308 e. The van der Waals surface area contributed by atoms with E-state index in [0.717, 1.165) is 0 Å².